The number of carboxylic acids is 1. The third-order valence-corrected chi connectivity index (χ3v) is 3.01. The minimum absolute atomic E-state index is 0.236. The molecule has 0 bridgehead atoms. The summed E-state index contributed by atoms with van der Waals surface area (Å²) in [5.74, 6) is -2.52. The van der Waals surface area contributed by atoms with Gasteiger partial charge in [0.05, 0.1) is 5.56 Å². The van der Waals surface area contributed by atoms with Crippen LogP contribution in [0, 0.1) is 5.82 Å². The van der Waals surface area contributed by atoms with Gasteiger partial charge in [0.1, 0.15) is 5.82 Å². The maximum absolute atomic E-state index is 13.4. The molecule has 1 aliphatic heterocycles. The van der Waals surface area contributed by atoms with Crippen molar-refractivity contribution in [3.05, 3.63) is 40.7 Å². The molecule has 1 aromatic carbocycles. The molecule has 0 spiro atoms. The standard InChI is InChI=1S/C13H13FN2O3/c1-7(8-5-15-6-8)12(17)16-9-2-3-10(13(18)19)11(14)4-9/h2-4,15H,5-6H2,1H3,(H,16,17)(H,18,19). The van der Waals surface area contributed by atoms with Gasteiger partial charge in [-0.3, -0.25) is 4.79 Å². The van der Waals surface area contributed by atoms with Crippen molar-refractivity contribution in [2.45, 2.75) is 6.92 Å². The minimum Gasteiger partial charge on any atom is -0.478 e. The van der Waals surface area contributed by atoms with Crippen molar-refractivity contribution in [3.8, 4) is 0 Å². The normalized spacial score (nSPS) is 13.7. The Balaban J connectivity index is 2.13. The zero-order valence-electron chi connectivity index (χ0n) is 10.3. The van der Waals surface area contributed by atoms with Crippen molar-refractivity contribution >= 4 is 17.6 Å². The molecule has 3 N–H and O–H groups in total. The summed E-state index contributed by atoms with van der Waals surface area (Å²) in [7, 11) is 0. The van der Waals surface area contributed by atoms with Gasteiger partial charge in [0.25, 0.3) is 5.91 Å². The first-order valence-corrected chi connectivity index (χ1v) is 5.72. The molecule has 1 saturated heterocycles. The summed E-state index contributed by atoms with van der Waals surface area (Å²) < 4.78 is 13.4. The molecular formula is C13H13FN2O3. The molecule has 0 unspecified atom stereocenters. The Morgan fingerprint density at radius 3 is 2.53 bits per heavy atom. The van der Waals surface area contributed by atoms with E-state index in [1.165, 1.54) is 6.07 Å². The third-order valence-electron chi connectivity index (χ3n) is 3.01. The van der Waals surface area contributed by atoms with Crippen molar-refractivity contribution in [2.24, 2.45) is 0 Å². The first-order valence-electron chi connectivity index (χ1n) is 5.72. The molecule has 0 aliphatic carbocycles. The van der Waals surface area contributed by atoms with Gasteiger partial charge in [-0.25, -0.2) is 9.18 Å². The number of anilines is 1. The largest absolute Gasteiger partial charge is 0.478 e. The Kier molecular flexibility index (Phi) is 3.62. The van der Waals surface area contributed by atoms with E-state index in [-0.39, 0.29) is 11.6 Å². The van der Waals surface area contributed by atoms with Crippen LogP contribution in [0.4, 0.5) is 10.1 Å². The molecular weight excluding hydrogens is 251 g/mol. The van der Waals surface area contributed by atoms with Crippen LogP contribution < -0.4 is 10.6 Å². The van der Waals surface area contributed by atoms with Crippen LogP contribution in [-0.2, 0) is 4.79 Å². The second kappa shape index (κ2) is 5.19. The molecule has 6 heteroatoms. The first kappa shape index (κ1) is 13.2. The predicted molar refractivity (Wildman–Crippen MR) is 67.6 cm³/mol. The second-order valence-corrected chi connectivity index (χ2v) is 4.29. The Morgan fingerprint density at radius 1 is 1.37 bits per heavy atom. The smallest absolute Gasteiger partial charge is 0.338 e. The molecule has 100 valence electrons. The van der Waals surface area contributed by atoms with Gasteiger partial charge in [0, 0.05) is 24.4 Å². The Morgan fingerprint density at radius 2 is 2.05 bits per heavy atom. The molecule has 19 heavy (non-hydrogen) atoms. The highest BCUT2D eigenvalue weighted by Gasteiger charge is 2.17. The summed E-state index contributed by atoms with van der Waals surface area (Å²) >= 11 is 0. The van der Waals surface area contributed by atoms with Crippen molar-refractivity contribution in [1.82, 2.24) is 5.32 Å². The molecule has 2 rings (SSSR count). The number of amides is 1. The number of halogens is 1. The van der Waals surface area contributed by atoms with Crippen LogP contribution in [0.1, 0.15) is 17.3 Å². The molecule has 0 atom stereocenters. The number of benzene rings is 1. The maximum atomic E-state index is 13.4. The Bertz CT molecular complexity index is 575. The number of aromatic carboxylic acids is 1. The summed E-state index contributed by atoms with van der Waals surface area (Å²) in [5.41, 5.74) is 1.43. The van der Waals surface area contributed by atoms with E-state index in [0.29, 0.717) is 18.7 Å². The fraction of sp³-hybridized carbons (Fsp3) is 0.231. The van der Waals surface area contributed by atoms with Crippen LogP contribution in [0.5, 0.6) is 0 Å². The summed E-state index contributed by atoms with van der Waals surface area (Å²) in [6.07, 6.45) is 0. The van der Waals surface area contributed by atoms with E-state index in [4.69, 9.17) is 5.11 Å². The lowest BCUT2D eigenvalue weighted by Crippen LogP contribution is -2.36. The predicted octanol–water partition coefficient (Wildman–Crippen LogP) is 1.38. The van der Waals surface area contributed by atoms with Crippen LogP contribution >= 0.6 is 0 Å². The lowest BCUT2D eigenvalue weighted by Gasteiger charge is -2.21. The monoisotopic (exact) mass is 264 g/mol. The molecule has 0 aromatic heterocycles. The van der Waals surface area contributed by atoms with Crippen LogP contribution in [0.15, 0.2) is 29.3 Å². The quantitative estimate of drug-likeness (QED) is 0.721. The molecule has 1 aromatic rings. The van der Waals surface area contributed by atoms with E-state index < -0.39 is 17.3 Å². The number of nitrogens with one attached hydrogen (secondary N) is 2. The summed E-state index contributed by atoms with van der Waals surface area (Å²) in [6.45, 7) is 3.07. The number of hydrogen-bond donors (Lipinski definition) is 3. The lowest BCUT2D eigenvalue weighted by atomic mass is 10.0. The van der Waals surface area contributed by atoms with Gasteiger partial charge in [0.15, 0.2) is 0 Å². The van der Waals surface area contributed by atoms with Crippen molar-refractivity contribution in [3.63, 3.8) is 0 Å². The number of carbonyl (C=O) groups is 2. The first-order chi connectivity index (χ1) is 8.99. The fourth-order valence-electron chi connectivity index (χ4n) is 1.67. The van der Waals surface area contributed by atoms with Gasteiger partial charge in [-0.2, -0.15) is 0 Å². The average Bonchev–Trinajstić information content (AvgIpc) is 2.25. The van der Waals surface area contributed by atoms with Crippen molar-refractivity contribution < 1.29 is 19.1 Å². The van der Waals surface area contributed by atoms with Crippen LogP contribution in [-0.4, -0.2) is 30.1 Å². The SMILES string of the molecule is CC(C(=O)Nc1ccc(C(=O)O)c(F)c1)=C1CNC1. The molecule has 1 aliphatic rings. The van der Waals surface area contributed by atoms with E-state index >= 15 is 0 Å². The third kappa shape index (κ3) is 2.79. The van der Waals surface area contributed by atoms with Crippen LogP contribution in [0.2, 0.25) is 0 Å². The second-order valence-electron chi connectivity index (χ2n) is 4.29. The van der Waals surface area contributed by atoms with Gasteiger partial charge in [-0.15, -0.1) is 0 Å². The highest BCUT2D eigenvalue weighted by Crippen LogP contribution is 2.17. The van der Waals surface area contributed by atoms with E-state index in [9.17, 15) is 14.0 Å². The highest BCUT2D eigenvalue weighted by molar-refractivity contribution is 6.04. The van der Waals surface area contributed by atoms with E-state index in [2.05, 4.69) is 10.6 Å². The van der Waals surface area contributed by atoms with Crippen molar-refractivity contribution in [2.75, 3.05) is 18.4 Å². The number of hydrogen-bond acceptors (Lipinski definition) is 3. The summed E-state index contributed by atoms with van der Waals surface area (Å²) in [6, 6.07) is 3.49. The lowest BCUT2D eigenvalue weighted by molar-refractivity contribution is -0.112. The maximum Gasteiger partial charge on any atom is 0.338 e. The van der Waals surface area contributed by atoms with Gasteiger partial charge in [-0.1, -0.05) is 0 Å². The molecule has 5 nitrogen and oxygen atoms in total. The molecule has 1 heterocycles. The topological polar surface area (TPSA) is 78.4 Å². The summed E-state index contributed by atoms with van der Waals surface area (Å²) in [5, 5.41) is 14.3. The highest BCUT2D eigenvalue weighted by atomic mass is 19.1. The Labute approximate surface area is 109 Å². The van der Waals surface area contributed by atoms with Gasteiger partial charge in [0.2, 0.25) is 0 Å². The van der Waals surface area contributed by atoms with Gasteiger partial charge in [-0.05, 0) is 30.7 Å². The molecule has 1 amide bonds. The Hall–Kier alpha value is -2.21. The fourth-order valence-corrected chi connectivity index (χ4v) is 1.67. The van der Waals surface area contributed by atoms with Crippen LogP contribution in [0.25, 0.3) is 0 Å². The summed E-state index contributed by atoms with van der Waals surface area (Å²) in [4.78, 5) is 22.5. The zero-order chi connectivity index (χ0) is 14.0. The number of carboxylic acid groups (broad SMARTS) is 1. The number of carbonyl (C=O) groups excluding carboxylic acids is 1. The minimum atomic E-state index is -1.34. The van der Waals surface area contributed by atoms with Crippen LogP contribution in [0.3, 0.4) is 0 Å². The average molecular weight is 264 g/mol. The molecule has 0 saturated carbocycles. The van der Waals surface area contributed by atoms with E-state index in [1.54, 1.807) is 6.92 Å². The van der Waals surface area contributed by atoms with E-state index in [1.807, 2.05) is 0 Å². The molecule has 1 fully saturated rings. The van der Waals surface area contributed by atoms with Gasteiger partial charge < -0.3 is 15.7 Å². The number of rotatable bonds is 3. The van der Waals surface area contributed by atoms with Crippen molar-refractivity contribution in [1.29, 1.82) is 0 Å². The molecule has 0 radical (unpaired) electrons. The van der Waals surface area contributed by atoms with Gasteiger partial charge >= 0.3 is 5.97 Å². The van der Waals surface area contributed by atoms with E-state index in [0.717, 1.165) is 17.7 Å². The zero-order valence-corrected chi connectivity index (χ0v) is 10.3.